The van der Waals surface area contributed by atoms with Gasteiger partial charge in [-0.1, -0.05) is 0 Å². The molecule has 1 aliphatic heterocycles. The van der Waals surface area contributed by atoms with Crippen LogP contribution in [0.3, 0.4) is 0 Å². The first kappa shape index (κ1) is 18.0. The molecule has 1 aliphatic carbocycles. The molecule has 1 fully saturated rings. The van der Waals surface area contributed by atoms with Crippen LogP contribution >= 0.6 is 0 Å². The minimum absolute atomic E-state index is 0.0513. The Balaban J connectivity index is 1.58. The highest BCUT2D eigenvalue weighted by atomic mass is 19.4. The number of aryl methyl sites for hydroxylation is 1. The van der Waals surface area contributed by atoms with Crippen LogP contribution in [0.2, 0.25) is 0 Å². The Morgan fingerprint density at radius 3 is 2.45 bits per heavy atom. The van der Waals surface area contributed by atoms with Gasteiger partial charge in [-0.2, -0.15) is 18.3 Å². The Kier molecular flexibility index (Phi) is 4.04. The van der Waals surface area contributed by atoms with Gasteiger partial charge in [-0.3, -0.25) is 4.79 Å². The van der Waals surface area contributed by atoms with E-state index < -0.39 is 11.9 Å². The predicted molar refractivity (Wildman–Crippen MR) is 98.8 cm³/mol. The second kappa shape index (κ2) is 6.50. The molecule has 1 amide bonds. The van der Waals surface area contributed by atoms with Crippen molar-refractivity contribution in [2.75, 3.05) is 13.1 Å². The summed E-state index contributed by atoms with van der Waals surface area (Å²) in [5, 5.41) is 3.92. The lowest BCUT2D eigenvalue weighted by molar-refractivity contribution is -0.142. The summed E-state index contributed by atoms with van der Waals surface area (Å²) in [7, 11) is 0. The highest BCUT2D eigenvalue weighted by molar-refractivity contribution is 5.94. The Labute approximate surface area is 164 Å². The second-order valence-electron chi connectivity index (χ2n) is 7.39. The lowest BCUT2D eigenvalue weighted by atomic mass is 9.94. The zero-order valence-electron chi connectivity index (χ0n) is 15.5. The molecule has 2 aliphatic rings. The molecule has 1 aromatic carbocycles. The SMILES string of the molecule is O=C(c1ccc(-n2nc(C(F)(F)F)c3c2-c2ccoc2CC3)cc1)N1CCCC1. The zero-order valence-corrected chi connectivity index (χ0v) is 15.5. The molecular formula is C21H18F3N3O2. The van der Waals surface area contributed by atoms with Crippen molar-refractivity contribution in [1.82, 2.24) is 14.7 Å². The normalized spacial score (nSPS) is 16.0. The van der Waals surface area contributed by atoms with Crippen molar-refractivity contribution in [2.45, 2.75) is 31.9 Å². The number of hydrogen-bond donors (Lipinski definition) is 0. The maximum absolute atomic E-state index is 13.6. The first-order valence-electron chi connectivity index (χ1n) is 9.59. The smallest absolute Gasteiger partial charge is 0.435 e. The molecule has 2 aromatic heterocycles. The van der Waals surface area contributed by atoms with Gasteiger partial charge in [-0.25, -0.2) is 4.68 Å². The molecule has 0 N–H and O–H groups in total. The fourth-order valence-corrected chi connectivity index (χ4v) is 4.21. The van der Waals surface area contributed by atoms with Gasteiger partial charge in [-0.15, -0.1) is 0 Å². The van der Waals surface area contributed by atoms with Crippen LogP contribution in [-0.4, -0.2) is 33.7 Å². The van der Waals surface area contributed by atoms with Gasteiger partial charge in [0.25, 0.3) is 5.91 Å². The third-order valence-corrected chi connectivity index (χ3v) is 5.61. The number of alkyl halides is 3. The summed E-state index contributed by atoms with van der Waals surface area (Å²) in [6.07, 6.45) is -0.430. The van der Waals surface area contributed by atoms with Crippen LogP contribution in [0.15, 0.2) is 41.0 Å². The van der Waals surface area contributed by atoms with Gasteiger partial charge in [0.2, 0.25) is 0 Å². The van der Waals surface area contributed by atoms with E-state index in [2.05, 4.69) is 5.10 Å². The van der Waals surface area contributed by atoms with Gasteiger partial charge >= 0.3 is 6.18 Å². The molecule has 0 unspecified atom stereocenters. The summed E-state index contributed by atoms with van der Waals surface area (Å²) in [5.74, 6) is 0.609. The summed E-state index contributed by atoms with van der Waals surface area (Å²) < 4.78 is 47.5. The number of amides is 1. The molecule has 0 saturated carbocycles. The van der Waals surface area contributed by atoms with E-state index >= 15 is 0 Å². The molecule has 5 nitrogen and oxygen atoms in total. The highest BCUT2D eigenvalue weighted by Crippen LogP contribution is 2.42. The van der Waals surface area contributed by atoms with Crippen LogP contribution in [0, 0.1) is 0 Å². The molecule has 5 rings (SSSR count). The molecule has 0 bridgehead atoms. The van der Waals surface area contributed by atoms with Gasteiger partial charge in [-0.05, 0) is 49.6 Å². The first-order valence-corrected chi connectivity index (χ1v) is 9.59. The number of halogens is 3. The minimum atomic E-state index is -4.54. The molecule has 150 valence electrons. The number of benzene rings is 1. The number of furan rings is 1. The van der Waals surface area contributed by atoms with Crippen LogP contribution in [-0.2, 0) is 19.0 Å². The number of carbonyl (C=O) groups is 1. The summed E-state index contributed by atoms with van der Waals surface area (Å²) in [6.45, 7) is 1.48. The molecular weight excluding hydrogens is 383 g/mol. The van der Waals surface area contributed by atoms with Crippen LogP contribution in [0.1, 0.15) is 40.2 Å². The largest absolute Gasteiger partial charge is 0.469 e. The fourth-order valence-electron chi connectivity index (χ4n) is 4.21. The summed E-state index contributed by atoms with van der Waals surface area (Å²) in [5.41, 5.74) is 1.36. The lowest BCUT2D eigenvalue weighted by Crippen LogP contribution is -2.27. The van der Waals surface area contributed by atoms with E-state index in [-0.39, 0.29) is 17.9 Å². The topological polar surface area (TPSA) is 51.3 Å². The number of hydrogen-bond acceptors (Lipinski definition) is 3. The average molecular weight is 401 g/mol. The number of rotatable bonds is 2. The number of nitrogens with zero attached hydrogens (tertiary/aromatic N) is 3. The van der Waals surface area contributed by atoms with Crippen LogP contribution in [0.25, 0.3) is 16.9 Å². The van der Waals surface area contributed by atoms with Crippen molar-refractivity contribution in [2.24, 2.45) is 0 Å². The second-order valence-corrected chi connectivity index (χ2v) is 7.39. The highest BCUT2D eigenvalue weighted by Gasteiger charge is 2.41. The van der Waals surface area contributed by atoms with E-state index in [1.165, 1.54) is 10.9 Å². The predicted octanol–water partition coefficient (Wildman–Crippen LogP) is 4.49. The Morgan fingerprint density at radius 1 is 1.03 bits per heavy atom. The Hall–Kier alpha value is -3.03. The van der Waals surface area contributed by atoms with Crippen LogP contribution in [0.4, 0.5) is 13.2 Å². The lowest BCUT2D eigenvalue weighted by Gasteiger charge is -2.16. The van der Waals surface area contributed by atoms with E-state index in [4.69, 9.17) is 4.42 Å². The third kappa shape index (κ3) is 2.94. The Morgan fingerprint density at radius 2 is 1.76 bits per heavy atom. The molecule has 1 saturated heterocycles. The fraction of sp³-hybridized carbons (Fsp3) is 0.333. The number of likely N-dealkylation sites (tertiary alicyclic amines) is 1. The van der Waals surface area contributed by atoms with E-state index in [0.29, 0.717) is 34.7 Å². The molecule has 3 aromatic rings. The third-order valence-electron chi connectivity index (χ3n) is 5.61. The molecule has 29 heavy (non-hydrogen) atoms. The summed E-state index contributed by atoms with van der Waals surface area (Å²) >= 11 is 0. The monoisotopic (exact) mass is 401 g/mol. The van der Waals surface area contributed by atoms with Gasteiger partial charge in [0.1, 0.15) is 5.76 Å². The molecule has 8 heteroatoms. The summed E-state index contributed by atoms with van der Waals surface area (Å²) in [6, 6.07) is 8.26. The van der Waals surface area contributed by atoms with Gasteiger partial charge < -0.3 is 9.32 Å². The van der Waals surface area contributed by atoms with Crippen molar-refractivity contribution < 1.29 is 22.4 Å². The van der Waals surface area contributed by atoms with Crippen LogP contribution in [0.5, 0.6) is 0 Å². The molecule has 0 atom stereocenters. The maximum atomic E-state index is 13.6. The van der Waals surface area contributed by atoms with E-state index in [0.717, 1.165) is 25.9 Å². The van der Waals surface area contributed by atoms with Crippen molar-refractivity contribution in [3.63, 3.8) is 0 Å². The molecule has 0 radical (unpaired) electrons. The van der Waals surface area contributed by atoms with Gasteiger partial charge in [0, 0.05) is 36.2 Å². The quantitative estimate of drug-likeness (QED) is 0.636. The van der Waals surface area contributed by atoms with Crippen molar-refractivity contribution in [3.05, 3.63) is 59.2 Å². The van der Waals surface area contributed by atoms with E-state index in [9.17, 15) is 18.0 Å². The number of aromatic nitrogens is 2. The van der Waals surface area contributed by atoms with E-state index in [1.54, 1.807) is 35.2 Å². The summed E-state index contributed by atoms with van der Waals surface area (Å²) in [4.78, 5) is 14.3. The van der Waals surface area contributed by atoms with Crippen molar-refractivity contribution in [1.29, 1.82) is 0 Å². The van der Waals surface area contributed by atoms with Crippen molar-refractivity contribution >= 4 is 5.91 Å². The molecule has 3 heterocycles. The minimum Gasteiger partial charge on any atom is -0.469 e. The first-order chi connectivity index (χ1) is 13.9. The Bertz CT molecular complexity index is 1070. The van der Waals surface area contributed by atoms with E-state index in [1.807, 2.05) is 0 Å². The molecule has 0 spiro atoms. The van der Waals surface area contributed by atoms with Gasteiger partial charge in [0.05, 0.1) is 17.6 Å². The zero-order chi connectivity index (χ0) is 20.2. The van der Waals surface area contributed by atoms with Gasteiger partial charge in [0.15, 0.2) is 5.69 Å². The average Bonchev–Trinajstić information content (AvgIpc) is 3.45. The number of fused-ring (bicyclic) bond motifs is 3. The van der Waals surface area contributed by atoms with Crippen molar-refractivity contribution in [3.8, 4) is 16.9 Å². The maximum Gasteiger partial charge on any atom is 0.435 e. The standard InChI is InChI=1S/C21H18F3N3O2/c22-21(23,24)19-16-7-8-17-15(9-12-29-17)18(16)27(25-19)14-5-3-13(4-6-14)20(28)26-10-1-2-11-26/h3-6,9,12H,1-2,7-8,10-11H2. The van der Waals surface area contributed by atoms with Crippen LogP contribution < -0.4 is 0 Å². The number of carbonyl (C=O) groups excluding carboxylic acids is 1.